The third kappa shape index (κ3) is 5.70. The van der Waals surface area contributed by atoms with Crippen molar-refractivity contribution in [2.24, 2.45) is 0 Å². The average Bonchev–Trinajstić information content (AvgIpc) is 3.23. The molecule has 0 amide bonds. The van der Waals surface area contributed by atoms with Crippen molar-refractivity contribution < 1.29 is 24.4 Å². The molecule has 0 fully saturated rings. The second-order valence-electron chi connectivity index (χ2n) is 7.02. The number of methoxy groups -OCH3 is 1. The molecule has 3 aromatic carbocycles. The van der Waals surface area contributed by atoms with Crippen LogP contribution < -0.4 is 19.5 Å². The molecule has 4 aromatic rings. The maximum Gasteiger partial charge on any atom is 0.161 e. The molecular weight excluding hydrogens is 408 g/mol. The third-order valence-electron chi connectivity index (χ3n) is 4.91. The minimum atomic E-state index is -0.628. The van der Waals surface area contributed by atoms with E-state index >= 15 is 0 Å². The van der Waals surface area contributed by atoms with Gasteiger partial charge < -0.3 is 34.7 Å². The molecule has 4 N–H and O–H groups in total. The number of hydrogen-bond donors (Lipinski definition) is 4. The van der Waals surface area contributed by atoms with Crippen LogP contribution in [0.4, 0.5) is 0 Å². The van der Waals surface area contributed by atoms with E-state index in [9.17, 15) is 5.11 Å². The van der Waals surface area contributed by atoms with Crippen LogP contribution in [0.3, 0.4) is 0 Å². The molecule has 7 heteroatoms. The molecule has 0 aliphatic heterocycles. The number of ether oxygens (including phenoxy) is 3. The van der Waals surface area contributed by atoms with Gasteiger partial charge in [-0.15, -0.1) is 0 Å². The van der Waals surface area contributed by atoms with Crippen LogP contribution in [0.5, 0.6) is 17.2 Å². The molecule has 0 radical (unpaired) electrons. The predicted molar refractivity (Wildman–Crippen MR) is 127 cm³/mol. The quantitative estimate of drug-likeness (QED) is 0.284. The van der Waals surface area contributed by atoms with Gasteiger partial charge in [-0.25, -0.2) is 0 Å². The van der Waals surface area contributed by atoms with Crippen molar-refractivity contribution >= 4 is 21.8 Å². The first-order valence-corrected chi connectivity index (χ1v) is 10.5. The topological polar surface area (TPSA) is 96.0 Å². The van der Waals surface area contributed by atoms with Crippen molar-refractivity contribution in [2.45, 2.75) is 6.10 Å². The molecule has 0 saturated carbocycles. The maximum atomic E-state index is 10.3. The molecule has 1 aromatic heterocycles. The average molecular weight is 439 g/mol. The van der Waals surface area contributed by atoms with E-state index in [1.165, 1.54) is 0 Å². The lowest BCUT2D eigenvalue weighted by Crippen LogP contribution is -2.33. The van der Waals surface area contributed by atoms with Gasteiger partial charge in [0.1, 0.15) is 25.1 Å². The Morgan fingerprint density at radius 1 is 0.844 bits per heavy atom. The number of aromatic nitrogens is 1. The lowest BCUT2D eigenvalue weighted by molar-refractivity contribution is 0.106. The van der Waals surface area contributed by atoms with Crippen LogP contribution in [0.25, 0.3) is 21.8 Å². The second kappa shape index (κ2) is 12.0. The summed E-state index contributed by atoms with van der Waals surface area (Å²) >= 11 is 0. The van der Waals surface area contributed by atoms with Crippen molar-refractivity contribution in [1.82, 2.24) is 10.3 Å². The van der Waals surface area contributed by atoms with Crippen LogP contribution in [-0.2, 0) is 0 Å². The summed E-state index contributed by atoms with van der Waals surface area (Å²) in [6.45, 7) is 1.70. The molecule has 0 aliphatic rings. The van der Waals surface area contributed by atoms with E-state index < -0.39 is 6.10 Å². The molecule has 0 bridgehead atoms. The molecular formula is C25H30N2O5. The van der Waals surface area contributed by atoms with Crippen molar-refractivity contribution in [3.63, 3.8) is 0 Å². The summed E-state index contributed by atoms with van der Waals surface area (Å²) in [5, 5.41) is 22.6. The van der Waals surface area contributed by atoms with Crippen LogP contribution in [0.15, 0.2) is 66.7 Å². The largest absolute Gasteiger partial charge is 0.493 e. The van der Waals surface area contributed by atoms with Gasteiger partial charge in [0.15, 0.2) is 11.5 Å². The van der Waals surface area contributed by atoms with Crippen molar-refractivity contribution in [1.29, 1.82) is 0 Å². The third-order valence-corrected chi connectivity index (χ3v) is 4.91. The number of H-pyrrole nitrogens is 1. The molecule has 7 nitrogen and oxygen atoms in total. The van der Waals surface area contributed by atoms with Crippen LogP contribution in [0.1, 0.15) is 0 Å². The number of aliphatic hydroxyl groups is 2. The van der Waals surface area contributed by atoms with Crippen LogP contribution in [0.2, 0.25) is 0 Å². The van der Waals surface area contributed by atoms with Gasteiger partial charge >= 0.3 is 0 Å². The van der Waals surface area contributed by atoms with Crippen molar-refractivity contribution in [3.05, 3.63) is 66.7 Å². The molecule has 32 heavy (non-hydrogen) atoms. The molecule has 0 aliphatic carbocycles. The van der Waals surface area contributed by atoms with Crippen molar-refractivity contribution in [2.75, 3.05) is 40.5 Å². The first kappa shape index (κ1) is 23.4. The highest BCUT2D eigenvalue weighted by Crippen LogP contribution is 2.33. The summed E-state index contributed by atoms with van der Waals surface area (Å²) in [6.07, 6.45) is -0.628. The second-order valence-corrected chi connectivity index (χ2v) is 7.02. The summed E-state index contributed by atoms with van der Waals surface area (Å²) in [6, 6.07) is 21.6. The highest BCUT2D eigenvalue weighted by molar-refractivity contribution is 6.10. The van der Waals surface area contributed by atoms with Gasteiger partial charge in [0, 0.05) is 36.5 Å². The van der Waals surface area contributed by atoms with Gasteiger partial charge in [-0.3, -0.25) is 0 Å². The minimum Gasteiger partial charge on any atom is -0.493 e. The van der Waals surface area contributed by atoms with Crippen LogP contribution in [0, 0.1) is 0 Å². The molecule has 1 heterocycles. The van der Waals surface area contributed by atoms with Gasteiger partial charge in [-0.05, 0) is 30.3 Å². The normalized spacial score (nSPS) is 11.6. The van der Waals surface area contributed by atoms with Gasteiger partial charge in [-0.2, -0.15) is 0 Å². The number of benzene rings is 3. The Hall–Kier alpha value is -3.26. The lowest BCUT2D eigenvalue weighted by atomic mass is 10.1. The summed E-state index contributed by atoms with van der Waals surface area (Å²) in [4.78, 5) is 3.40. The van der Waals surface area contributed by atoms with E-state index in [0.717, 1.165) is 34.7 Å². The number of hydrogen-bond acceptors (Lipinski definition) is 6. The van der Waals surface area contributed by atoms with E-state index in [2.05, 4.69) is 16.4 Å². The molecule has 0 spiro atoms. The Bertz CT molecular complexity index is 1110. The molecule has 1 atom stereocenters. The number of rotatable bonds is 10. The lowest BCUT2D eigenvalue weighted by Gasteiger charge is -2.15. The number of nitrogens with one attached hydrogen (secondary N) is 2. The maximum absolute atomic E-state index is 10.3. The zero-order valence-electron chi connectivity index (χ0n) is 18.4. The highest BCUT2D eigenvalue weighted by atomic mass is 16.5. The van der Waals surface area contributed by atoms with Crippen LogP contribution in [-0.4, -0.2) is 61.8 Å². The summed E-state index contributed by atoms with van der Waals surface area (Å²) < 4.78 is 16.9. The Balaban J connectivity index is 0.00000141. The molecule has 0 saturated heterocycles. The zero-order chi connectivity index (χ0) is 22.8. The van der Waals surface area contributed by atoms with Gasteiger partial charge in [0.2, 0.25) is 0 Å². The van der Waals surface area contributed by atoms with Gasteiger partial charge in [0.25, 0.3) is 0 Å². The fourth-order valence-electron chi connectivity index (χ4n) is 3.47. The number of aromatic amines is 1. The fourth-order valence-corrected chi connectivity index (χ4v) is 3.47. The monoisotopic (exact) mass is 438 g/mol. The first-order valence-electron chi connectivity index (χ1n) is 10.5. The summed E-state index contributed by atoms with van der Waals surface area (Å²) in [5.74, 6) is 2.18. The van der Waals surface area contributed by atoms with E-state index in [1.807, 2.05) is 60.7 Å². The minimum absolute atomic E-state index is 0.207. The number of aliphatic hydroxyl groups excluding tert-OH is 2. The van der Waals surface area contributed by atoms with Crippen molar-refractivity contribution in [3.8, 4) is 17.2 Å². The van der Waals surface area contributed by atoms with Gasteiger partial charge in [0.05, 0.1) is 12.6 Å². The molecule has 1 unspecified atom stereocenters. The van der Waals surface area contributed by atoms with Gasteiger partial charge in [-0.1, -0.05) is 36.4 Å². The smallest absolute Gasteiger partial charge is 0.161 e. The SMILES string of the molecule is CO.COc1ccccc1OCCNCC(O)COc1cccc2[nH]c3ccccc3c12. The fraction of sp³-hybridized carbons (Fsp3) is 0.280. The molecule has 170 valence electrons. The number of para-hydroxylation sites is 3. The van der Waals surface area contributed by atoms with E-state index in [1.54, 1.807) is 7.11 Å². The zero-order valence-corrected chi connectivity index (χ0v) is 18.4. The Morgan fingerprint density at radius 3 is 2.34 bits per heavy atom. The number of fused-ring (bicyclic) bond motifs is 3. The highest BCUT2D eigenvalue weighted by Gasteiger charge is 2.11. The summed E-state index contributed by atoms with van der Waals surface area (Å²) in [5.41, 5.74) is 2.09. The summed E-state index contributed by atoms with van der Waals surface area (Å²) in [7, 11) is 2.62. The Kier molecular flexibility index (Phi) is 8.74. The van der Waals surface area contributed by atoms with E-state index in [-0.39, 0.29) is 6.61 Å². The van der Waals surface area contributed by atoms with E-state index in [0.29, 0.717) is 31.2 Å². The first-order chi connectivity index (χ1) is 15.8. The standard InChI is InChI=1S/C24H26N2O4.CH4O/c1-28-21-10-4-5-11-22(21)29-14-13-25-15-17(27)16-30-23-12-6-9-20-24(23)18-7-2-3-8-19(18)26-20;1-2/h2-12,17,25-27H,13-16H2,1H3;2H,1H3. The Morgan fingerprint density at radius 2 is 1.53 bits per heavy atom. The predicted octanol–water partition coefficient (Wildman–Crippen LogP) is 3.35. The molecule has 4 rings (SSSR count). The van der Waals surface area contributed by atoms with Crippen LogP contribution >= 0.6 is 0 Å². The van der Waals surface area contributed by atoms with E-state index in [4.69, 9.17) is 19.3 Å². The Labute approximate surface area is 187 Å².